The van der Waals surface area contributed by atoms with Gasteiger partial charge in [0, 0.05) is 12.6 Å². The van der Waals surface area contributed by atoms with Gasteiger partial charge in [-0.1, -0.05) is 37.3 Å². The molecular weight excluding hydrogens is 222 g/mol. The molecule has 1 aromatic rings. The van der Waals surface area contributed by atoms with Crippen molar-refractivity contribution >= 4 is 0 Å². The molecule has 1 N–H and O–H groups in total. The van der Waals surface area contributed by atoms with Crippen molar-refractivity contribution in [3.05, 3.63) is 35.9 Å². The van der Waals surface area contributed by atoms with Crippen LogP contribution in [-0.4, -0.2) is 25.8 Å². The number of likely N-dealkylation sites (N-methyl/N-ethyl adjacent to an activating group) is 1. The van der Waals surface area contributed by atoms with E-state index >= 15 is 0 Å². The van der Waals surface area contributed by atoms with Crippen LogP contribution in [0.1, 0.15) is 44.1 Å². The Labute approximate surface area is 111 Å². The molecule has 0 amide bonds. The summed E-state index contributed by atoms with van der Waals surface area (Å²) in [6.45, 7) is 3.27. The minimum Gasteiger partial charge on any atom is -0.378 e. The highest BCUT2D eigenvalue weighted by molar-refractivity contribution is 5.20. The summed E-state index contributed by atoms with van der Waals surface area (Å²) in [4.78, 5) is 0. The van der Waals surface area contributed by atoms with Crippen molar-refractivity contribution in [2.24, 2.45) is 0 Å². The van der Waals surface area contributed by atoms with Crippen molar-refractivity contribution in [3.8, 4) is 0 Å². The second-order valence-corrected chi connectivity index (χ2v) is 5.31. The zero-order valence-corrected chi connectivity index (χ0v) is 11.6. The maximum atomic E-state index is 5.71. The van der Waals surface area contributed by atoms with Gasteiger partial charge in [0.2, 0.25) is 0 Å². The van der Waals surface area contributed by atoms with Crippen molar-refractivity contribution in [3.63, 3.8) is 0 Å². The van der Waals surface area contributed by atoms with Gasteiger partial charge in [0.15, 0.2) is 0 Å². The highest BCUT2D eigenvalue weighted by Crippen LogP contribution is 2.24. The SMILES string of the molecule is CNC(CCC1CCCO1)C(C)c1ccccc1. The van der Waals surface area contributed by atoms with E-state index in [-0.39, 0.29) is 0 Å². The van der Waals surface area contributed by atoms with Crippen molar-refractivity contribution in [1.82, 2.24) is 5.32 Å². The van der Waals surface area contributed by atoms with Crippen LogP contribution >= 0.6 is 0 Å². The molecule has 2 heteroatoms. The van der Waals surface area contributed by atoms with Gasteiger partial charge in [0.25, 0.3) is 0 Å². The molecule has 2 rings (SSSR count). The summed E-state index contributed by atoms with van der Waals surface area (Å²) in [7, 11) is 2.07. The first-order valence-electron chi connectivity index (χ1n) is 7.15. The Morgan fingerprint density at radius 1 is 1.33 bits per heavy atom. The van der Waals surface area contributed by atoms with Crippen molar-refractivity contribution < 1.29 is 4.74 Å². The maximum absolute atomic E-state index is 5.71. The van der Waals surface area contributed by atoms with Crippen LogP contribution in [0.25, 0.3) is 0 Å². The van der Waals surface area contributed by atoms with Crippen LogP contribution in [0.2, 0.25) is 0 Å². The van der Waals surface area contributed by atoms with Gasteiger partial charge in [-0.3, -0.25) is 0 Å². The first-order chi connectivity index (χ1) is 8.81. The summed E-state index contributed by atoms with van der Waals surface area (Å²) in [5.41, 5.74) is 1.42. The Balaban J connectivity index is 1.87. The van der Waals surface area contributed by atoms with Gasteiger partial charge in [-0.15, -0.1) is 0 Å². The monoisotopic (exact) mass is 247 g/mol. The molecule has 0 radical (unpaired) electrons. The highest BCUT2D eigenvalue weighted by atomic mass is 16.5. The molecule has 0 saturated carbocycles. The van der Waals surface area contributed by atoms with Gasteiger partial charge >= 0.3 is 0 Å². The molecule has 1 aliphatic heterocycles. The quantitative estimate of drug-likeness (QED) is 0.832. The summed E-state index contributed by atoms with van der Waals surface area (Å²) in [5, 5.41) is 3.47. The summed E-state index contributed by atoms with van der Waals surface area (Å²) in [6.07, 6.45) is 5.36. The molecule has 18 heavy (non-hydrogen) atoms. The number of ether oxygens (including phenoxy) is 1. The minimum atomic E-state index is 0.504. The van der Waals surface area contributed by atoms with Crippen molar-refractivity contribution in [1.29, 1.82) is 0 Å². The molecule has 2 nitrogen and oxygen atoms in total. The molecule has 1 fully saturated rings. The first-order valence-corrected chi connectivity index (χ1v) is 7.15. The van der Waals surface area contributed by atoms with Crippen LogP contribution in [0, 0.1) is 0 Å². The van der Waals surface area contributed by atoms with E-state index < -0.39 is 0 Å². The number of benzene rings is 1. The van der Waals surface area contributed by atoms with Crippen LogP contribution in [0.3, 0.4) is 0 Å². The predicted octanol–water partition coefficient (Wildman–Crippen LogP) is 3.34. The topological polar surface area (TPSA) is 21.3 Å². The molecule has 3 unspecified atom stereocenters. The number of nitrogens with one attached hydrogen (secondary N) is 1. The summed E-state index contributed by atoms with van der Waals surface area (Å²) in [5.74, 6) is 0.553. The van der Waals surface area contributed by atoms with Crippen LogP contribution in [0.4, 0.5) is 0 Å². The van der Waals surface area contributed by atoms with E-state index in [9.17, 15) is 0 Å². The molecule has 0 bridgehead atoms. The molecule has 3 atom stereocenters. The highest BCUT2D eigenvalue weighted by Gasteiger charge is 2.21. The molecule has 1 aromatic carbocycles. The van der Waals surface area contributed by atoms with Gasteiger partial charge in [-0.25, -0.2) is 0 Å². The number of hydrogen-bond acceptors (Lipinski definition) is 2. The Kier molecular flexibility index (Phi) is 5.21. The van der Waals surface area contributed by atoms with Gasteiger partial charge in [0.1, 0.15) is 0 Å². The lowest BCUT2D eigenvalue weighted by molar-refractivity contribution is 0.0991. The minimum absolute atomic E-state index is 0.504. The predicted molar refractivity (Wildman–Crippen MR) is 75.9 cm³/mol. The van der Waals surface area contributed by atoms with Crippen LogP contribution in [0.5, 0.6) is 0 Å². The smallest absolute Gasteiger partial charge is 0.0576 e. The summed E-state index contributed by atoms with van der Waals surface area (Å²) in [6, 6.07) is 11.3. The van der Waals surface area contributed by atoms with Gasteiger partial charge in [-0.2, -0.15) is 0 Å². The fourth-order valence-electron chi connectivity index (χ4n) is 2.87. The van der Waals surface area contributed by atoms with Crippen LogP contribution in [0.15, 0.2) is 30.3 Å². The molecule has 1 saturated heterocycles. The fourth-order valence-corrected chi connectivity index (χ4v) is 2.87. The second kappa shape index (κ2) is 6.91. The van der Waals surface area contributed by atoms with Gasteiger partial charge in [-0.05, 0) is 44.2 Å². The maximum Gasteiger partial charge on any atom is 0.0576 e. The third-order valence-corrected chi connectivity index (χ3v) is 4.12. The molecule has 0 aromatic heterocycles. The van der Waals surface area contributed by atoms with E-state index in [1.807, 2.05) is 0 Å². The summed E-state index contributed by atoms with van der Waals surface area (Å²) < 4.78 is 5.71. The molecule has 0 spiro atoms. The third kappa shape index (κ3) is 3.56. The van der Waals surface area contributed by atoms with Gasteiger partial charge in [0.05, 0.1) is 6.10 Å². The largest absolute Gasteiger partial charge is 0.378 e. The number of rotatable bonds is 6. The zero-order valence-electron chi connectivity index (χ0n) is 11.6. The van der Waals surface area contributed by atoms with Gasteiger partial charge < -0.3 is 10.1 Å². The van der Waals surface area contributed by atoms with Crippen LogP contribution < -0.4 is 5.32 Å². The van der Waals surface area contributed by atoms with E-state index in [1.54, 1.807) is 0 Å². The first kappa shape index (κ1) is 13.6. The Morgan fingerprint density at radius 2 is 2.11 bits per heavy atom. The Morgan fingerprint density at radius 3 is 2.72 bits per heavy atom. The third-order valence-electron chi connectivity index (χ3n) is 4.12. The normalized spacial score (nSPS) is 22.9. The lowest BCUT2D eigenvalue weighted by atomic mass is 9.89. The lowest BCUT2D eigenvalue weighted by Crippen LogP contribution is -2.31. The van der Waals surface area contributed by atoms with E-state index in [1.165, 1.54) is 31.2 Å². The number of hydrogen-bond donors (Lipinski definition) is 1. The molecular formula is C16H25NO. The Bertz CT molecular complexity index is 332. The second-order valence-electron chi connectivity index (χ2n) is 5.31. The van der Waals surface area contributed by atoms with E-state index in [2.05, 4.69) is 49.6 Å². The van der Waals surface area contributed by atoms with Crippen molar-refractivity contribution in [2.75, 3.05) is 13.7 Å². The summed E-state index contributed by atoms with van der Waals surface area (Å²) >= 11 is 0. The average Bonchev–Trinajstić information content (AvgIpc) is 2.93. The van der Waals surface area contributed by atoms with Crippen molar-refractivity contribution in [2.45, 2.75) is 50.7 Å². The molecule has 1 heterocycles. The lowest BCUT2D eigenvalue weighted by Gasteiger charge is -2.25. The van der Waals surface area contributed by atoms with E-state index in [4.69, 9.17) is 4.74 Å². The fraction of sp³-hybridized carbons (Fsp3) is 0.625. The van der Waals surface area contributed by atoms with E-state index in [0.717, 1.165) is 6.61 Å². The Hall–Kier alpha value is -0.860. The van der Waals surface area contributed by atoms with E-state index in [0.29, 0.717) is 18.1 Å². The molecule has 0 aliphatic carbocycles. The zero-order chi connectivity index (χ0) is 12.8. The average molecular weight is 247 g/mol. The van der Waals surface area contributed by atoms with Crippen LogP contribution in [-0.2, 0) is 4.74 Å². The molecule has 1 aliphatic rings. The molecule has 100 valence electrons. The standard InChI is InChI=1S/C16H25NO/c1-13(14-7-4-3-5-8-14)16(17-2)11-10-15-9-6-12-18-15/h3-5,7-8,13,15-17H,6,9-12H2,1-2H3.